The molecule has 0 fully saturated rings. The zero-order valence-corrected chi connectivity index (χ0v) is 16.7. The van der Waals surface area contributed by atoms with E-state index in [0.717, 1.165) is 0 Å². The minimum Gasteiger partial charge on any atom is -0.466 e. The van der Waals surface area contributed by atoms with Gasteiger partial charge in [0.05, 0.1) is 23.2 Å². The van der Waals surface area contributed by atoms with Crippen LogP contribution in [0.15, 0.2) is 29.4 Å². The highest BCUT2D eigenvalue weighted by molar-refractivity contribution is 8.00. The van der Waals surface area contributed by atoms with Crippen molar-refractivity contribution in [2.75, 3.05) is 23.4 Å². The van der Waals surface area contributed by atoms with Crippen molar-refractivity contribution >= 4 is 40.9 Å². The second-order valence-electron chi connectivity index (χ2n) is 6.19. The second-order valence-corrected chi connectivity index (χ2v) is 7.50. The number of esters is 1. The van der Waals surface area contributed by atoms with Crippen LogP contribution in [0.4, 0.5) is 11.4 Å². The van der Waals surface area contributed by atoms with Crippen LogP contribution in [0.5, 0.6) is 0 Å². The van der Waals surface area contributed by atoms with Gasteiger partial charge in [0.2, 0.25) is 11.8 Å². The minimum atomic E-state index is -0.503. The number of benzene rings is 1. The maximum atomic E-state index is 13.0. The van der Waals surface area contributed by atoms with Crippen molar-refractivity contribution in [3.05, 3.63) is 30.1 Å². The fourth-order valence-corrected chi connectivity index (χ4v) is 3.70. The smallest absolute Gasteiger partial charge is 0.313 e. The van der Waals surface area contributed by atoms with Gasteiger partial charge in [-0.25, -0.2) is 0 Å². The number of carbonyl (C=O) groups excluding carboxylic acids is 3. The van der Waals surface area contributed by atoms with E-state index in [0.29, 0.717) is 29.0 Å². The normalized spacial score (nSPS) is 14.2. The predicted octanol–water partition coefficient (Wildman–Crippen LogP) is 1.39. The fourth-order valence-electron chi connectivity index (χ4n) is 2.80. The van der Waals surface area contributed by atoms with Gasteiger partial charge in [-0.1, -0.05) is 23.9 Å². The molecule has 1 aliphatic rings. The molecule has 0 radical (unpaired) electrons. The molecule has 2 aromatic rings. The Balaban J connectivity index is 1.73. The number of ether oxygens (including phenoxy) is 1. The SMILES string of the molecule is CCOC(=O)Cc1nnc(S[C@@H](C)C(=O)N2CC(=O)Nc3ccccc32)n1C. The Hall–Kier alpha value is -2.88. The molecule has 0 saturated heterocycles. The standard InChI is InChI=1S/C18H21N5O4S/c1-4-27-16(25)9-14-20-21-18(22(14)3)28-11(2)17(26)23-10-15(24)19-12-7-5-6-8-13(12)23/h5-8,11H,4,9-10H2,1-3H3,(H,19,24)/t11-/m0/s1. The van der Waals surface area contributed by atoms with E-state index in [1.54, 1.807) is 43.7 Å². The van der Waals surface area contributed by atoms with Gasteiger partial charge < -0.3 is 14.6 Å². The van der Waals surface area contributed by atoms with Crippen molar-refractivity contribution in [1.82, 2.24) is 14.8 Å². The number of fused-ring (bicyclic) bond motifs is 1. The van der Waals surface area contributed by atoms with Gasteiger partial charge in [0, 0.05) is 7.05 Å². The van der Waals surface area contributed by atoms with Crippen LogP contribution in [-0.4, -0.2) is 50.9 Å². The molecular weight excluding hydrogens is 382 g/mol. The van der Waals surface area contributed by atoms with E-state index in [9.17, 15) is 14.4 Å². The van der Waals surface area contributed by atoms with Gasteiger partial charge in [0.15, 0.2) is 5.16 Å². The average Bonchev–Trinajstić information content (AvgIpc) is 3.00. The molecule has 3 rings (SSSR count). The highest BCUT2D eigenvalue weighted by Gasteiger charge is 2.31. The first-order chi connectivity index (χ1) is 13.4. The highest BCUT2D eigenvalue weighted by atomic mass is 32.2. The monoisotopic (exact) mass is 403 g/mol. The summed E-state index contributed by atoms with van der Waals surface area (Å²) in [6.07, 6.45) is 0.0138. The first-order valence-corrected chi connectivity index (χ1v) is 9.69. The van der Waals surface area contributed by atoms with E-state index in [1.807, 2.05) is 6.07 Å². The summed E-state index contributed by atoms with van der Waals surface area (Å²) in [6.45, 7) is 3.76. The summed E-state index contributed by atoms with van der Waals surface area (Å²) in [5.41, 5.74) is 1.28. The van der Waals surface area contributed by atoms with E-state index >= 15 is 0 Å². The minimum absolute atomic E-state index is 0.0138. The number of nitrogens with zero attached hydrogens (tertiary/aromatic N) is 4. The number of amides is 2. The molecule has 9 nitrogen and oxygen atoms in total. The molecule has 0 bridgehead atoms. The molecule has 0 unspecified atom stereocenters. The average molecular weight is 403 g/mol. The quantitative estimate of drug-likeness (QED) is 0.574. The van der Waals surface area contributed by atoms with E-state index in [-0.39, 0.29) is 30.7 Å². The van der Waals surface area contributed by atoms with Crippen LogP contribution in [0, 0.1) is 0 Å². The highest BCUT2D eigenvalue weighted by Crippen LogP contribution is 2.31. The molecular formula is C18H21N5O4S. The zero-order valence-electron chi connectivity index (χ0n) is 15.8. The number of thioether (sulfide) groups is 1. The third-order valence-electron chi connectivity index (χ3n) is 4.20. The maximum absolute atomic E-state index is 13.0. The van der Waals surface area contributed by atoms with Crippen LogP contribution in [0.1, 0.15) is 19.7 Å². The lowest BCUT2D eigenvalue weighted by Gasteiger charge is -2.30. The topological polar surface area (TPSA) is 106 Å². The Morgan fingerprint density at radius 2 is 2.07 bits per heavy atom. The molecule has 10 heteroatoms. The largest absolute Gasteiger partial charge is 0.466 e. The third-order valence-corrected chi connectivity index (χ3v) is 5.32. The lowest BCUT2D eigenvalue weighted by molar-refractivity contribution is -0.142. The van der Waals surface area contributed by atoms with Gasteiger partial charge in [-0.3, -0.25) is 19.3 Å². The van der Waals surface area contributed by atoms with Crippen molar-refractivity contribution < 1.29 is 19.1 Å². The lowest BCUT2D eigenvalue weighted by Crippen LogP contribution is -2.45. The van der Waals surface area contributed by atoms with Crippen LogP contribution in [-0.2, 0) is 32.6 Å². The summed E-state index contributed by atoms with van der Waals surface area (Å²) in [6, 6.07) is 7.17. The van der Waals surface area contributed by atoms with Gasteiger partial charge in [-0.2, -0.15) is 0 Å². The summed E-state index contributed by atoms with van der Waals surface area (Å²) < 4.78 is 6.60. The van der Waals surface area contributed by atoms with Crippen molar-refractivity contribution in [2.45, 2.75) is 30.7 Å². The van der Waals surface area contributed by atoms with Crippen LogP contribution in [0.3, 0.4) is 0 Å². The summed E-state index contributed by atoms with van der Waals surface area (Å²) in [5.74, 6) is -0.361. The Morgan fingerprint density at radius 3 is 2.82 bits per heavy atom. The second kappa shape index (κ2) is 8.42. The van der Waals surface area contributed by atoms with E-state index < -0.39 is 5.25 Å². The van der Waals surface area contributed by atoms with Crippen LogP contribution < -0.4 is 10.2 Å². The van der Waals surface area contributed by atoms with Crippen molar-refractivity contribution in [3.63, 3.8) is 0 Å². The molecule has 1 atom stereocenters. The molecule has 1 aromatic heterocycles. The van der Waals surface area contributed by atoms with E-state index in [4.69, 9.17) is 4.74 Å². The Morgan fingerprint density at radius 1 is 1.32 bits per heavy atom. The van der Waals surface area contributed by atoms with Crippen molar-refractivity contribution in [3.8, 4) is 0 Å². The molecule has 1 N–H and O–H groups in total. The van der Waals surface area contributed by atoms with Crippen molar-refractivity contribution in [1.29, 1.82) is 0 Å². The van der Waals surface area contributed by atoms with E-state index in [1.165, 1.54) is 16.7 Å². The maximum Gasteiger partial charge on any atom is 0.313 e. The first-order valence-electron chi connectivity index (χ1n) is 8.81. The molecule has 28 heavy (non-hydrogen) atoms. The van der Waals surface area contributed by atoms with Gasteiger partial charge in [-0.05, 0) is 26.0 Å². The van der Waals surface area contributed by atoms with E-state index in [2.05, 4.69) is 15.5 Å². The molecule has 1 aliphatic heterocycles. The number of anilines is 2. The van der Waals surface area contributed by atoms with Crippen LogP contribution in [0.2, 0.25) is 0 Å². The molecule has 2 amide bonds. The Bertz CT molecular complexity index is 913. The summed E-state index contributed by atoms with van der Waals surface area (Å²) in [7, 11) is 1.73. The Kier molecular flexibility index (Phi) is 5.98. The fraction of sp³-hybridized carbons (Fsp3) is 0.389. The Labute approximate surface area is 166 Å². The lowest BCUT2D eigenvalue weighted by atomic mass is 10.2. The number of nitrogens with one attached hydrogen (secondary N) is 1. The number of carbonyl (C=O) groups is 3. The molecule has 0 spiro atoms. The number of aromatic nitrogens is 3. The zero-order chi connectivity index (χ0) is 20.3. The van der Waals surface area contributed by atoms with Gasteiger partial charge in [0.1, 0.15) is 18.8 Å². The summed E-state index contributed by atoms with van der Waals surface area (Å²) >= 11 is 1.22. The third kappa shape index (κ3) is 4.16. The number of hydrogen-bond acceptors (Lipinski definition) is 7. The van der Waals surface area contributed by atoms with Gasteiger partial charge in [0.25, 0.3) is 0 Å². The molecule has 0 saturated carbocycles. The predicted molar refractivity (Wildman–Crippen MR) is 104 cm³/mol. The van der Waals surface area contributed by atoms with Gasteiger partial charge in [-0.15, -0.1) is 10.2 Å². The number of para-hydroxylation sites is 2. The number of rotatable bonds is 6. The first kappa shape index (κ1) is 19.9. The summed E-state index contributed by atoms with van der Waals surface area (Å²) in [4.78, 5) is 38.1. The molecule has 2 heterocycles. The number of hydrogen-bond donors (Lipinski definition) is 1. The molecule has 148 valence electrons. The van der Waals surface area contributed by atoms with Crippen LogP contribution >= 0.6 is 11.8 Å². The molecule has 0 aliphatic carbocycles. The van der Waals surface area contributed by atoms with Crippen molar-refractivity contribution in [2.24, 2.45) is 7.05 Å². The summed E-state index contributed by atoms with van der Waals surface area (Å²) in [5, 5.41) is 10.9. The van der Waals surface area contributed by atoms with Gasteiger partial charge >= 0.3 is 5.97 Å². The van der Waals surface area contributed by atoms with Crippen LogP contribution in [0.25, 0.3) is 0 Å². The molecule has 1 aromatic carbocycles.